The Morgan fingerprint density at radius 3 is 2.27 bits per heavy atom. The minimum atomic E-state index is 0.417. The molecular formula is C13H30N2. The van der Waals surface area contributed by atoms with Gasteiger partial charge in [0.05, 0.1) is 0 Å². The molecule has 92 valence electrons. The Kier molecular flexibility index (Phi) is 7.20. The van der Waals surface area contributed by atoms with Gasteiger partial charge in [0.1, 0.15) is 0 Å². The molecule has 0 aliphatic heterocycles. The molecule has 0 bridgehead atoms. The molecule has 2 nitrogen and oxygen atoms in total. The molecule has 0 spiro atoms. The first-order valence-corrected chi connectivity index (χ1v) is 6.20. The summed E-state index contributed by atoms with van der Waals surface area (Å²) in [6, 6.07) is 0. The van der Waals surface area contributed by atoms with Crippen molar-refractivity contribution in [2.24, 2.45) is 11.3 Å². The molecule has 0 atom stereocenters. The summed E-state index contributed by atoms with van der Waals surface area (Å²) in [5, 5.41) is 3.48. The molecule has 0 aromatic heterocycles. The van der Waals surface area contributed by atoms with E-state index >= 15 is 0 Å². The van der Waals surface area contributed by atoms with Crippen LogP contribution in [0.2, 0.25) is 0 Å². The van der Waals surface area contributed by atoms with Crippen molar-refractivity contribution in [3.8, 4) is 0 Å². The largest absolute Gasteiger partial charge is 0.316 e. The second-order valence-electron chi connectivity index (χ2n) is 6.25. The van der Waals surface area contributed by atoms with E-state index in [-0.39, 0.29) is 0 Å². The third-order valence-corrected chi connectivity index (χ3v) is 2.19. The molecule has 0 rings (SSSR count). The minimum absolute atomic E-state index is 0.417. The third-order valence-electron chi connectivity index (χ3n) is 2.19. The van der Waals surface area contributed by atoms with E-state index in [2.05, 4.69) is 51.9 Å². The standard InChI is InChI=1S/C13H30N2/c1-12(2)10-14-8-7-9-15(6)11-13(3,4)5/h12,14H,7-11H2,1-6H3. The van der Waals surface area contributed by atoms with Crippen LogP contribution < -0.4 is 5.32 Å². The molecule has 0 heterocycles. The molecule has 2 heteroatoms. The van der Waals surface area contributed by atoms with Crippen LogP contribution in [0.3, 0.4) is 0 Å². The normalized spacial score (nSPS) is 12.8. The summed E-state index contributed by atoms with van der Waals surface area (Å²) < 4.78 is 0. The second kappa shape index (κ2) is 7.24. The smallest absolute Gasteiger partial charge is 0.00270 e. The van der Waals surface area contributed by atoms with Gasteiger partial charge in [-0.3, -0.25) is 0 Å². The summed E-state index contributed by atoms with van der Waals surface area (Å²) in [5.74, 6) is 0.761. The van der Waals surface area contributed by atoms with E-state index < -0.39 is 0 Å². The molecular weight excluding hydrogens is 184 g/mol. The van der Waals surface area contributed by atoms with E-state index in [1.54, 1.807) is 0 Å². The maximum Gasteiger partial charge on any atom is 0.00270 e. The van der Waals surface area contributed by atoms with Crippen molar-refractivity contribution in [2.45, 2.75) is 41.0 Å². The van der Waals surface area contributed by atoms with Crippen LogP contribution in [0.1, 0.15) is 41.0 Å². The zero-order chi connectivity index (χ0) is 11.9. The van der Waals surface area contributed by atoms with Crippen molar-refractivity contribution in [2.75, 3.05) is 33.2 Å². The number of nitrogens with zero attached hydrogens (tertiary/aromatic N) is 1. The first-order valence-electron chi connectivity index (χ1n) is 6.20. The zero-order valence-corrected chi connectivity index (χ0v) is 11.6. The van der Waals surface area contributed by atoms with E-state index in [1.165, 1.54) is 19.5 Å². The lowest BCUT2D eigenvalue weighted by molar-refractivity contribution is 0.224. The summed E-state index contributed by atoms with van der Waals surface area (Å²) >= 11 is 0. The fourth-order valence-electron chi connectivity index (χ4n) is 1.75. The summed E-state index contributed by atoms with van der Waals surface area (Å²) in [7, 11) is 2.22. The molecule has 1 N–H and O–H groups in total. The minimum Gasteiger partial charge on any atom is -0.316 e. The van der Waals surface area contributed by atoms with Gasteiger partial charge in [0.15, 0.2) is 0 Å². The average Bonchev–Trinajstić information content (AvgIpc) is 1.99. The molecule has 0 amide bonds. The predicted molar refractivity (Wildman–Crippen MR) is 69.3 cm³/mol. The van der Waals surface area contributed by atoms with Crippen LogP contribution in [0.15, 0.2) is 0 Å². The van der Waals surface area contributed by atoms with Gasteiger partial charge in [-0.05, 0) is 44.4 Å². The lowest BCUT2D eigenvalue weighted by Gasteiger charge is -2.26. The lowest BCUT2D eigenvalue weighted by atomic mass is 9.96. The van der Waals surface area contributed by atoms with Crippen LogP contribution in [-0.2, 0) is 0 Å². The Labute approximate surface area is 96.4 Å². The quantitative estimate of drug-likeness (QED) is 0.655. The van der Waals surface area contributed by atoms with E-state index in [1.807, 2.05) is 0 Å². The Morgan fingerprint density at radius 1 is 1.20 bits per heavy atom. The highest BCUT2D eigenvalue weighted by molar-refractivity contribution is 4.66. The number of nitrogens with one attached hydrogen (secondary N) is 1. The van der Waals surface area contributed by atoms with Gasteiger partial charge in [-0.1, -0.05) is 34.6 Å². The van der Waals surface area contributed by atoms with Crippen molar-refractivity contribution in [1.82, 2.24) is 10.2 Å². The van der Waals surface area contributed by atoms with E-state index in [4.69, 9.17) is 0 Å². The van der Waals surface area contributed by atoms with Crippen molar-refractivity contribution < 1.29 is 0 Å². The van der Waals surface area contributed by atoms with Crippen molar-refractivity contribution in [3.05, 3.63) is 0 Å². The first kappa shape index (κ1) is 14.9. The summed E-state index contributed by atoms with van der Waals surface area (Å²) in [6.45, 7) is 16.0. The van der Waals surface area contributed by atoms with Gasteiger partial charge in [0.2, 0.25) is 0 Å². The summed E-state index contributed by atoms with van der Waals surface area (Å²) in [5.41, 5.74) is 0.417. The predicted octanol–water partition coefficient (Wildman–Crippen LogP) is 2.60. The maximum atomic E-state index is 3.48. The van der Waals surface area contributed by atoms with Crippen LogP contribution in [0, 0.1) is 11.3 Å². The number of rotatable bonds is 7. The first-order chi connectivity index (χ1) is 6.81. The van der Waals surface area contributed by atoms with Gasteiger partial charge in [0.25, 0.3) is 0 Å². The lowest BCUT2D eigenvalue weighted by Crippen LogP contribution is -2.32. The SMILES string of the molecule is CC(C)CNCCCN(C)CC(C)(C)C. The van der Waals surface area contributed by atoms with Gasteiger partial charge >= 0.3 is 0 Å². The fraction of sp³-hybridized carbons (Fsp3) is 1.00. The van der Waals surface area contributed by atoms with Crippen molar-refractivity contribution >= 4 is 0 Å². The Morgan fingerprint density at radius 2 is 1.80 bits per heavy atom. The average molecular weight is 214 g/mol. The summed E-state index contributed by atoms with van der Waals surface area (Å²) in [4.78, 5) is 2.43. The van der Waals surface area contributed by atoms with E-state index in [9.17, 15) is 0 Å². The van der Waals surface area contributed by atoms with Gasteiger partial charge in [0, 0.05) is 6.54 Å². The van der Waals surface area contributed by atoms with Crippen LogP contribution in [-0.4, -0.2) is 38.1 Å². The van der Waals surface area contributed by atoms with Gasteiger partial charge < -0.3 is 10.2 Å². The topological polar surface area (TPSA) is 15.3 Å². The van der Waals surface area contributed by atoms with Crippen LogP contribution >= 0.6 is 0 Å². The molecule has 0 saturated carbocycles. The monoisotopic (exact) mass is 214 g/mol. The molecule has 0 unspecified atom stereocenters. The number of hydrogen-bond acceptors (Lipinski definition) is 2. The van der Waals surface area contributed by atoms with Crippen LogP contribution in [0.4, 0.5) is 0 Å². The molecule has 0 aliphatic rings. The van der Waals surface area contributed by atoms with Gasteiger partial charge in [-0.15, -0.1) is 0 Å². The maximum absolute atomic E-state index is 3.48. The molecule has 0 aromatic rings. The van der Waals surface area contributed by atoms with Crippen LogP contribution in [0.25, 0.3) is 0 Å². The molecule has 0 aliphatic carbocycles. The zero-order valence-electron chi connectivity index (χ0n) is 11.6. The highest BCUT2D eigenvalue weighted by atomic mass is 15.1. The number of hydrogen-bond donors (Lipinski definition) is 1. The second-order valence-corrected chi connectivity index (χ2v) is 6.25. The van der Waals surface area contributed by atoms with Crippen LogP contribution in [0.5, 0.6) is 0 Å². The Bertz CT molecular complexity index is 147. The van der Waals surface area contributed by atoms with Crippen molar-refractivity contribution in [1.29, 1.82) is 0 Å². The van der Waals surface area contributed by atoms with Gasteiger partial charge in [-0.25, -0.2) is 0 Å². The Hall–Kier alpha value is -0.0800. The fourth-order valence-corrected chi connectivity index (χ4v) is 1.75. The van der Waals surface area contributed by atoms with E-state index in [0.717, 1.165) is 19.0 Å². The Balaban J connectivity index is 3.36. The highest BCUT2D eigenvalue weighted by Crippen LogP contribution is 2.13. The van der Waals surface area contributed by atoms with Gasteiger partial charge in [-0.2, -0.15) is 0 Å². The van der Waals surface area contributed by atoms with Crippen molar-refractivity contribution in [3.63, 3.8) is 0 Å². The molecule has 0 aromatic carbocycles. The summed E-state index contributed by atoms with van der Waals surface area (Å²) in [6.07, 6.45) is 1.25. The molecule has 0 saturated heterocycles. The third kappa shape index (κ3) is 11.8. The highest BCUT2D eigenvalue weighted by Gasteiger charge is 2.12. The van der Waals surface area contributed by atoms with E-state index in [0.29, 0.717) is 5.41 Å². The molecule has 0 radical (unpaired) electrons. The molecule has 0 fully saturated rings. The molecule has 15 heavy (non-hydrogen) atoms.